The lowest BCUT2D eigenvalue weighted by Crippen LogP contribution is -2.37. The van der Waals surface area contributed by atoms with Crippen LogP contribution in [0.2, 0.25) is 0 Å². The first-order valence-electron chi connectivity index (χ1n) is 6.76. The van der Waals surface area contributed by atoms with Crippen LogP contribution in [-0.2, 0) is 4.79 Å². The van der Waals surface area contributed by atoms with Crippen LogP contribution in [0.3, 0.4) is 0 Å². The predicted molar refractivity (Wildman–Crippen MR) is 85.1 cm³/mol. The minimum absolute atomic E-state index is 0. The number of nitrogens with one attached hydrogen (secondary N) is 1. The van der Waals surface area contributed by atoms with E-state index in [2.05, 4.69) is 5.32 Å². The Morgan fingerprint density at radius 1 is 1.38 bits per heavy atom. The van der Waals surface area contributed by atoms with Crippen LogP contribution >= 0.6 is 12.4 Å². The molecular weight excluding hydrogens is 292 g/mol. The number of hydrogen-bond acceptors (Lipinski definition) is 4. The van der Waals surface area contributed by atoms with E-state index in [1.807, 2.05) is 6.92 Å². The van der Waals surface area contributed by atoms with E-state index in [0.717, 1.165) is 0 Å². The molecule has 0 fully saturated rings. The van der Waals surface area contributed by atoms with Crippen molar-refractivity contribution in [3.8, 4) is 5.75 Å². The van der Waals surface area contributed by atoms with Crippen LogP contribution in [0.15, 0.2) is 24.3 Å². The lowest BCUT2D eigenvalue weighted by molar-refractivity contribution is -0.121. The largest absolute Gasteiger partial charge is 0.494 e. The van der Waals surface area contributed by atoms with E-state index in [1.54, 1.807) is 24.3 Å². The quantitative estimate of drug-likeness (QED) is 0.567. The summed E-state index contributed by atoms with van der Waals surface area (Å²) in [5.74, 6) is 0.628. The lowest BCUT2D eigenvalue weighted by Gasteiger charge is -2.11. The Labute approximate surface area is 131 Å². The molecule has 0 saturated carbocycles. The van der Waals surface area contributed by atoms with Crippen LogP contribution in [0, 0.1) is 0 Å². The zero-order valence-corrected chi connectivity index (χ0v) is 13.2. The number of carbonyl (C=O) groups is 2. The van der Waals surface area contributed by atoms with Crippen molar-refractivity contribution in [1.82, 2.24) is 5.32 Å². The summed E-state index contributed by atoms with van der Waals surface area (Å²) < 4.78 is 5.52. The third-order valence-electron chi connectivity index (χ3n) is 2.82. The summed E-state index contributed by atoms with van der Waals surface area (Å²) in [5, 5.41) is 2.79. The second kappa shape index (κ2) is 10.2. The molecule has 1 amide bonds. The topological polar surface area (TPSA) is 81.4 Å². The van der Waals surface area contributed by atoms with Gasteiger partial charge in [0, 0.05) is 24.6 Å². The number of ketones is 1. The maximum absolute atomic E-state index is 11.5. The van der Waals surface area contributed by atoms with Gasteiger partial charge in [0.05, 0.1) is 6.61 Å². The molecule has 1 aromatic rings. The molecular formula is C15H23ClN2O3. The summed E-state index contributed by atoms with van der Waals surface area (Å²) in [4.78, 5) is 22.7. The van der Waals surface area contributed by atoms with E-state index in [4.69, 9.17) is 10.5 Å². The molecule has 5 nitrogen and oxygen atoms in total. The molecule has 0 heterocycles. The molecule has 0 unspecified atom stereocenters. The molecule has 0 bridgehead atoms. The van der Waals surface area contributed by atoms with Crippen LogP contribution in [0.25, 0.3) is 0 Å². The van der Waals surface area contributed by atoms with E-state index in [9.17, 15) is 9.59 Å². The number of carbonyl (C=O) groups excluding carboxylic acids is 2. The SMILES string of the molecule is CC(=O)c1cccc(OCCCC(=O)N[C@@H](C)CN)c1.Cl. The van der Waals surface area contributed by atoms with Gasteiger partial charge in [-0.3, -0.25) is 9.59 Å². The zero-order valence-electron chi connectivity index (χ0n) is 12.4. The summed E-state index contributed by atoms with van der Waals surface area (Å²) in [7, 11) is 0. The third kappa shape index (κ3) is 7.68. The highest BCUT2D eigenvalue weighted by molar-refractivity contribution is 5.94. The fraction of sp³-hybridized carbons (Fsp3) is 0.467. The molecule has 1 aromatic carbocycles. The van der Waals surface area contributed by atoms with E-state index in [1.165, 1.54) is 6.92 Å². The number of ether oxygens (including phenoxy) is 1. The molecule has 1 rings (SSSR count). The predicted octanol–water partition coefficient (Wildman–Crippen LogP) is 1.93. The van der Waals surface area contributed by atoms with Gasteiger partial charge in [-0.25, -0.2) is 0 Å². The van der Waals surface area contributed by atoms with Gasteiger partial charge in [0.1, 0.15) is 5.75 Å². The Morgan fingerprint density at radius 3 is 2.71 bits per heavy atom. The molecule has 0 aliphatic rings. The monoisotopic (exact) mass is 314 g/mol. The minimum atomic E-state index is -0.0240. The average Bonchev–Trinajstić information content (AvgIpc) is 2.43. The van der Waals surface area contributed by atoms with Crippen molar-refractivity contribution in [2.45, 2.75) is 32.7 Å². The molecule has 0 aliphatic carbocycles. The second-order valence-electron chi connectivity index (χ2n) is 4.74. The van der Waals surface area contributed by atoms with Crippen molar-refractivity contribution in [2.75, 3.05) is 13.2 Å². The van der Waals surface area contributed by atoms with Gasteiger partial charge in [0.15, 0.2) is 5.78 Å². The van der Waals surface area contributed by atoms with Crippen molar-refractivity contribution < 1.29 is 14.3 Å². The molecule has 0 aromatic heterocycles. The summed E-state index contributed by atoms with van der Waals surface area (Å²) in [6.07, 6.45) is 1.02. The first-order chi connectivity index (χ1) is 9.52. The zero-order chi connectivity index (χ0) is 15.0. The number of rotatable bonds is 8. The summed E-state index contributed by atoms with van der Waals surface area (Å²) in [6.45, 7) is 4.25. The molecule has 21 heavy (non-hydrogen) atoms. The van der Waals surface area contributed by atoms with Crippen LogP contribution in [0.4, 0.5) is 0 Å². The molecule has 0 aliphatic heterocycles. The van der Waals surface area contributed by atoms with E-state index in [0.29, 0.717) is 37.3 Å². The van der Waals surface area contributed by atoms with Crippen molar-refractivity contribution in [1.29, 1.82) is 0 Å². The Kier molecular flexibility index (Phi) is 9.41. The number of nitrogens with two attached hydrogens (primary N) is 1. The lowest BCUT2D eigenvalue weighted by atomic mass is 10.1. The van der Waals surface area contributed by atoms with Crippen molar-refractivity contribution >= 4 is 24.1 Å². The van der Waals surface area contributed by atoms with Crippen LogP contribution < -0.4 is 15.8 Å². The number of benzene rings is 1. The highest BCUT2D eigenvalue weighted by Crippen LogP contribution is 2.14. The van der Waals surface area contributed by atoms with Crippen LogP contribution in [0.1, 0.15) is 37.0 Å². The first-order valence-corrected chi connectivity index (χ1v) is 6.76. The highest BCUT2D eigenvalue weighted by Gasteiger charge is 2.05. The Bertz CT molecular complexity index is 466. The Balaban J connectivity index is 0.00000400. The fourth-order valence-corrected chi connectivity index (χ4v) is 1.63. The summed E-state index contributed by atoms with van der Waals surface area (Å²) in [5.41, 5.74) is 6.05. The number of Topliss-reactive ketones (excluding diaryl/α,β-unsaturated/α-hetero) is 1. The minimum Gasteiger partial charge on any atom is -0.494 e. The van der Waals surface area contributed by atoms with Gasteiger partial charge in [-0.05, 0) is 32.4 Å². The Hall–Kier alpha value is -1.59. The van der Waals surface area contributed by atoms with Gasteiger partial charge >= 0.3 is 0 Å². The average molecular weight is 315 g/mol. The third-order valence-corrected chi connectivity index (χ3v) is 2.82. The second-order valence-corrected chi connectivity index (χ2v) is 4.74. The molecule has 6 heteroatoms. The maximum Gasteiger partial charge on any atom is 0.220 e. The van der Waals surface area contributed by atoms with Gasteiger partial charge < -0.3 is 15.8 Å². The van der Waals surface area contributed by atoms with Gasteiger partial charge in [-0.1, -0.05) is 12.1 Å². The van der Waals surface area contributed by atoms with E-state index >= 15 is 0 Å². The molecule has 118 valence electrons. The highest BCUT2D eigenvalue weighted by atomic mass is 35.5. The number of halogens is 1. The molecule has 0 saturated heterocycles. The normalized spacial score (nSPS) is 11.2. The van der Waals surface area contributed by atoms with Gasteiger partial charge in [0.2, 0.25) is 5.91 Å². The summed E-state index contributed by atoms with van der Waals surface area (Å²) in [6, 6.07) is 7.02. The van der Waals surface area contributed by atoms with Crippen LogP contribution in [0.5, 0.6) is 5.75 Å². The maximum atomic E-state index is 11.5. The van der Waals surface area contributed by atoms with Gasteiger partial charge in [0.25, 0.3) is 0 Å². The van der Waals surface area contributed by atoms with Crippen molar-refractivity contribution in [2.24, 2.45) is 5.73 Å². The fourth-order valence-electron chi connectivity index (χ4n) is 1.63. The van der Waals surface area contributed by atoms with E-state index < -0.39 is 0 Å². The van der Waals surface area contributed by atoms with E-state index in [-0.39, 0.29) is 30.1 Å². The van der Waals surface area contributed by atoms with Crippen molar-refractivity contribution in [3.05, 3.63) is 29.8 Å². The van der Waals surface area contributed by atoms with Gasteiger partial charge in [-0.2, -0.15) is 0 Å². The summed E-state index contributed by atoms with van der Waals surface area (Å²) >= 11 is 0. The smallest absolute Gasteiger partial charge is 0.220 e. The van der Waals surface area contributed by atoms with Crippen molar-refractivity contribution in [3.63, 3.8) is 0 Å². The molecule has 1 atom stereocenters. The number of hydrogen-bond donors (Lipinski definition) is 2. The van der Waals surface area contributed by atoms with Gasteiger partial charge in [-0.15, -0.1) is 12.4 Å². The molecule has 0 radical (unpaired) electrons. The Morgan fingerprint density at radius 2 is 2.10 bits per heavy atom. The molecule has 0 spiro atoms. The molecule has 3 N–H and O–H groups in total. The van der Waals surface area contributed by atoms with Crippen LogP contribution in [-0.4, -0.2) is 30.9 Å². The number of amides is 1. The standard InChI is InChI=1S/C15H22N2O3.ClH/c1-11(10-16)17-15(19)7-4-8-20-14-6-3-5-13(9-14)12(2)18;/h3,5-6,9,11H,4,7-8,10,16H2,1-2H3,(H,17,19);1H/t11-;/m0./s1. The first kappa shape index (κ1) is 19.4.